The number of aryl methyl sites for hydroxylation is 1. The molecule has 9 heteroatoms. The van der Waals surface area contributed by atoms with Crippen LogP contribution in [0, 0.1) is 18.6 Å². The minimum Gasteiger partial charge on any atom is -0.345 e. The Bertz CT molecular complexity index is 1120. The van der Waals surface area contributed by atoms with E-state index in [9.17, 15) is 17.2 Å². The van der Waals surface area contributed by atoms with E-state index < -0.39 is 26.6 Å². The lowest BCUT2D eigenvalue weighted by molar-refractivity contribution is 0.378. The van der Waals surface area contributed by atoms with Crippen molar-refractivity contribution in [1.82, 2.24) is 9.29 Å². The Labute approximate surface area is 178 Å². The van der Waals surface area contributed by atoms with Crippen molar-refractivity contribution in [2.45, 2.75) is 18.2 Å². The molecule has 1 saturated heterocycles. The van der Waals surface area contributed by atoms with E-state index in [4.69, 9.17) is 0 Å². The van der Waals surface area contributed by atoms with E-state index in [2.05, 4.69) is 29.2 Å². The zero-order valence-electron chi connectivity index (χ0n) is 16.4. The molecule has 1 aliphatic rings. The highest BCUT2D eigenvalue weighted by atomic mass is 32.2. The second kappa shape index (κ2) is 8.41. The van der Waals surface area contributed by atoms with Crippen LogP contribution in [-0.4, -0.2) is 43.9 Å². The molecule has 0 N–H and O–H groups in total. The van der Waals surface area contributed by atoms with Crippen LogP contribution in [0.4, 0.5) is 13.9 Å². The summed E-state index contributed by atoms with van der Waals surface area (Å²) in [6.07, 6.45) is 0.734. The molecule has 3 aromatic rings. The predicted molar refractivity (Wildman–Crippen MR) is 113 cm³/mol. The van der Waals surface area contributed by atoms with Gasteiger partial charge in [0.2, 0.25) is 10.0 Å². The number of rotatable bonds is 5. The molecule has 5 nitrogen and oxygen atoms in total. The van der Waals surface area contributed by atoms with Crippen LogP contribution in [0.2, 0.25) is 0 Å². The maximum Gasteiger partial charge on any atom is 0.249 e. The smallest absolute Gasteiger partial charge is 0.249 e. The van der Waals surface area contributed by atoms with Crippen molar-refractivity contribution in [3.63, 3.8) is 0 Å². The maximum absolute atomic E-state index is 14.0. The average molecular weight is 450 g/mol. The SMILES string of the molecule is Cc1ccc(Cc2csc(N3CCN(S(=O)(=O)c4c(F)cccc4F)CC3)n2)cc1. The van der Waals surface area contributed by atoms with Gasteiger partial charge < -0.3 is 4.90 Å². The van der Waals surface area contributed by atoms with Gasteiger partial charge in [-0.05, 0) is 24.6 Å². The van der Waals surface area contributed by atoms with E-state index >= 15 is 0 Å². The van der Waals surface area contributed by atoms with E-state index in [-0.39, 0.29) is 13.1 Å². The van der Waals surface area contributed by atoms with E-state index in [1.54, 1.807) is 0 Å². The van der Waals surface area contributed by atoms with Crippen molar-refractivity contribution in [1.29, 1.82) is 0 Å². The number of piperazine rings is 1. The fraction of sp³-hybridized carbons (Fsp3) is 0.286. The zero-order chi connectivity index (χ0) is 21.3. The molecular formula is C21H21F2N3O2S2. The first kappa shape index (κ1) is 20.9. The number of benzene rings is 2. The second-order valence-electron chi connectivity index (χ2n) is 7.23. The van der Waals surface area contributed by atoms with Crippen molar-refractivity contribution in [3.8, 4) is 0 Å². The highest BCUT2D eigenvalue weighted by molar-refractivity contribution is 7.89. The van der Waals surface area contributed by atoms with Crippen molar-refractivity contribution < 1.29 is 17.2 Å². The number of halogens is 2. The molecule has 158 valence electrons. The number of nitrogens with zero attached hydrogens (tertiary/aromatic N) is 3. The van der Waals surface area contributed by atoms with Gasteiger partial charge in [-0.3, -0.25) is 0 Å². The quantitative estimate of drug-likeness (QED) is 0.594. The summed E-state index contributed by atoms with van der Waals surface area (Å²) < 4.78 is 54.5. The standard InChI is InChI=1S/C21H21F2N3O2S2/c1-15-5-7-16(8-6-15)13-17-14-29-21(24-17)25-9-11-26(12-10-25)30(27,28)20-18(22)3-2-4-19(20)23/h2-8,14H,9-13H2,1H3. The molecule has 1 aromatic heterocycles. The Morgan fingerprint density at radius 3 is 2.27 bits per heavy atom. The third kappa shape index (κ3) is 4.23. The minimum atomic E-state index is -4.23. The summed E-state index contributed by atoms with van der Waals surface area (Å²) in [5.41, 5.74) is 3.35. The Morgan fingerprint density at radius 2 is 1.63 bits per heavy atom. The number of aromatic nitrogens is 1. The van der Waals surface area contributed by atoms with Gasteiger partial charge in [0.1, 0.15) is 11.6 Å². The molecule has 0 aliphatic carbocycles. The molecule has 0 unspecified atom stereocenters. The van der Waals surface area contributed by atoms with Gasteiger partial charge in [-0.25, -0.2) is 22.2 Å². The predicted octanol–water partition coefficient (Wildman–Crippen LogP) is 3.83. The lowest BCUT2D eigenvalue weighted by Crippen LogP contribution is -2.49. The van der Waals surface area contributed by atoms with Gasteiger partial charge in [-0.2, -0.15) is 4.31 Å². The van der Waals surface area contributed by atoms with Crippen LogP contribution in [0.15, 0.2) is 52.7 Å². The molecule has 0 saturated carbocycles. The van der Waals surface area contributed by atoms with E-state index in [1.807, 2.05) is 17.2 Å². The number of hydrogen-bond donors (Lipinski definition) is 0. The van der Waals surface area contributed by atoms with Crippen LogP contribution < -0.4 is 4.90 Å². The van der Waals surface area contributed by atoms with Crippen LogP contribution in [0.3, 0.4) is 0 Å². The largest absolute Gasteiger partial charge is 0.345 e. The fourth-order valence-corrected chi connectivity index (χ4v) is 5.83. The van der Waals surface area contributed by atoms with Gasteiger partial charge in [-0.1, -0.05) is 35.9 Å². The second-order valence-corrected chi connectivity index (χ2v) is 9.94. The molecule has 2 heterocycles. The Hall–Kier alpha value is -2.36. The number of hydrogen-bond acceptors (Lipinski definition) is 5. The summed E-state index contributed by atoms with van der Waals surface area (Å²) in [4.78, 5) is 5.81. The molecule has 4 rings (SSSR count). The van der Waals surface area contributed by atoms with Crippen molar-refractivity contribution in [3.05, 3.63) is 76.3 Å². The van der Waals surface area contributed by atoms with Gasteiger partial charge in [0, 0.05) is 38.0 Å². The molecule has 1 aliphatic heterocycles. The molecule has 0 amide bonds. The van der Waals surface area contributed by atoms with Crippen LogP contribution in [0.5, 0.6) is 0 Å². The van der Waals surface area contributed by atoms with E-state index in [0.29, 0.717) is 13.1 Å². The molecule has 0 bridgehead atoms. The van der Waals surface area contributed by atoms with Crippen LogP contribution in [0.25, 0.3) is 0 Å². The summed E-state index contributed by atoms with van der Waals surface area (Å²) in [7, 11) is -4.23. The normalized spacial score (nSPS) is 15.5. The molecule has 30 heavy (non-hydrogen) atoms. The lowest BCUT2D eigenvalue weighted by Gasteiger charge is -2.33. The Kier molecular flexibility index (Phi) is 5.86. The Balaban J connectivity index is 1.42. The van der Waals surface area contributed by atoms with Gasteiger partial charge in [0.05, 0.1) is 5.69 Å². The summed E-state index contributed by atoms with van der Waals surface area (Å²) >= 11 is 1.52. The van der Waals surface area contributed by atoms with Gasteiger partial charge in [-0.15, -0.1) is 11.3 Å². The van der Waals surface area contributed by atoms with Crippen molar-refractivity contribution in [2.75, 3.05) is 31.1 Å². The minimum absolute atomic E-state index is 0.142. The lowest BCUT2D eigenvalue weighted by atomic mass is 10.1. The van der Waals surface area contributed by atoms with Crippen LogP contribution in [-0.2, 0) is 16.4 Å². The van der Waals surface area contributed by atoms with Crippen LogP contribution >= 0.6 is 11.3 Å². The summed E-state index contributed by atoms with van der Waals surface area (Å²) in [6, 6.07) is 11.4. The monoisotopic (exact) mass is 449 g/mol. The van der Waals surface area contributed by atoms with Gasteiger partial charge in [0.15, 0.2) is 10.0 Å². The third-order valence-electron chi connectivity index (χ3n) is 5.07. The summed E-state index contributed by atoms with van der Waals surface area (Å²) in [5.74, 6) is -2.14. The highest BCUT2D eigenvalue weighted by Crippen LogP contribution is 2.27. The first-order valence-corrected chi connectivity index (χ1v) is 11.9. The molecular weight excluding hydrogens is 428 g/mol. The molecule has 2 aromatic carbocycles. The number of thiazole rings is 1. The number of sulfonamides is 1. The zero-order valence-corrected chi connectivity index (χ0v) is 18.0. The molecule has 0 atom stereocenters. The highest BCUT2D eigenvalue weighted by Gasteiger charge is 2.33. The van der Waals surface area contributed by atoms with Gasteiger partial charge in [0.25, 0.3) is 0 Å². The summed E-state index contributed by atoms with van der Waals surface area (Å²) in [6.45, 7) is 3.15. The van der Waals surface area contributed by atoms with E-state index in [1.165, 1.54) is 22.5 Å². The maximum atomic E-state index is 14.0. The molecule has 0 radical (unpaired) electrons. The van der Waals surface area contributed by atoms with E-state index in [0.717, 1.165) is 39.8 Å². The fourth-order valence-electron chi connectivity index (χ4n) is 3.42. The first-order chi connectivity index (χ1) is 14.3. The Morgan fingerprint density at radius 1 is 1.00 bits per heavy atom. The first-order valence-electron chi connectivity index (χ1n) is 9.53. The van der Waals surface area contributed by atoms with Crippen molar-refractivity contribution >= 4 is 26.5 Å². The van der Waals surface area contributed by atoms with Crippen molar-refractivity contribution in [2.24, 2.45) is 0 Å². The molecule has 1 fully saturated rings. The van der Waals surface area contributed by atoms with Crippen LogP contribution in [0.1, 0.15) is 16.8 Å². The molecule has 0 spiro atoms. The number of anilines is 1. The summed E-state index contributed by atoms with van der Waals surface area (Å²) in [5, 5.41) is 2.83. The topological polar surface area (TPSA) is 53.5 Å². The third-order valence-corrected chi connectivity index (χ3v) is 7.97. The van der Waals surface area contributed by atoms with Gasteiger partial charge >= 0.3 is 0 Å². The average Bonchev–Trinajstić information content (AvgIpc) is 3.18.